The Morgan fingerprint density at radius 3 is 2.00 bits per heavy atom. The van der Waals surface area contributed by atoms with E-state index < -0.39 is 0 Å². The number of pyridine rings is 2. The summed E-state index contributed by atoms with van der Waals surface area (Å²) in [4.78, 5) is 20.1. The van der Waals surface area contributed by atoms with Gasteiger partial charge in [-0.1, -0.05) is 52.3 Å². The molecule has 4 aromatic rings. The van der Waals surface area contributed by atoms with E-state index in [1.165, 1.54) is 18.1 Å². The average molecular weight is 423 g/mol. The van der Waals surface area contributed by atoms with E-state index in [0.717, 1.165) is 26.5 Å². The summed E-state index contributed by atoms with van der Waals surface area (Å²) >= 11 is 3.49. The van der Waals surface area contributed by atoms with E-state index in [9.17, 15) is 4.79 Å². The fourth-order valence-corrected chi connectivity index (χ4v) is 3.34. The standard InChI is InChI=1S/C12H11NO2.C10H8BrN/c1-8-4-3-5-9-10(12(14)15-2)6-7-13-11(8)9;1-7-3-2-4-8-9(11)5-6-12-10(7)8/h3-7H,1-2H3;2-6H,1H3. The lowest BCUT2D eigenvalue weighted by atomic mass is 10.1. The number of halogens is 1. The number of carbonyl (C=O) groups is 1. The number of aryl methyl sites for hydroxylation is 2. The smallest absolute Gasteiger partial charge is 0.338 e. The Bertz CT molecular complexity index is 1080. The molecule has 4 nitrogen and oxygen atoms in total. The van der Waals surface area contributed by atoms with Crippen LogP contribution in [0.15, 0.2) is 65.4 Å². The number of hydrogen-bond donors (Lipinski definition) is 0. The highest BCUT2D eigenvalue weighted by Crippen LogP contribution is 2.23. The molecule has 2 aromatic heterocycles. The van der Waals surface area contributed by atoms with Crippen molar-refractivity contribution in [2.24, 2.45) is 0 Å². The van der Waals surface area contributed by atoms with Gasteiger partial charge in [0.1, 0.15) is 0 Å². The van der Waals surface area contributed by atoms with Crippen LogP contribution in [0.4, 0.5) is 0 Å². The second-order valence-corrected chi connectivity index (χ2v) is 6.94. The monoisotopic (exact) mass is 422 g/mol. The first-order chi connectivity index (χ1) is 13.0. The van der Waals surface area contributed by atoms with Gasteiger partial charge in [0.25, 0.3) is 0 Å². The predicted octanol–water partition coefficient (Wildman–Crippen LogP) is 5.64. The highest BCUT2D eigenvalue weighted by molar-refractivity contribution is 9.10. The predicted molar refractivity (Wildman–Crippen MR) is 112 cm³/mol. The molecule has 2 heterocycles. The first kappa shape index (κ1) is 19.0. The topological polar surface area (TPSA) is 52.1 Å². The van der Waals surface area contributed by atoms with Crippen LogP contribution < -0.4 is 0 Å². The summed E-state index contributed by atoms with van der Waals surface area (Å²) in [5, 5.41) is 2.02. The lowest BCUT2D eigenvalue weighted by Gasteiger charge is -2.05. The average Bonchev–Trinajstić information content (AvgIpc) is 2.69. The quantitative estimate of drug-likeness (QED) is 0.372. The molecule has 0 atom stereocenters. The van der Waals surface area contributed by atoms with Crippen molar-refractivity contribution in [1.82, 2.24) is 9.97 Å². The largest absolute Gasteiger partial charge is 0.465 e. The number of fused-ring (bicyclic) bond motifs is 2. The van der Waals surface area contributed by atoms with Gasteiger partial charge in [0, 0.05) is 27.6 Å². The Hall–Kier alpha value is -2.79. The first-order valence-electron chi connectivity index (χ1n) is 8.45. The molecule has 4 rings (SSSR count). The van der Waals surface area contributed by atoms with Crippen molar-refractivity contribution in [1.29, 1.82) is 0 Å². The highest BCUT2D eigenvalue weighted by Gasteiger charge is 2.10. The minimum Gasteiger partial charge on any atom is -0.465 e. The van der Waals surface area contributed by atoms with Crippen LogP contribution in [0.3, 0.4) is 0 Å². The van der Waals surface area contributed by atoms with Gasteiger partial charge in [0.2, 0.25) is 0 Å². The minimum atomic E-state index is -0.326. The van der Waals surface area contributed by atoms with E-state index in [4.69, 9.17) is 4.74 Å². The molecule has 27 heavy (non-hydrogen) atoms. The van der Waals surface area contributed by atoms with Gasteiger partial charge in [-0.15, -0.1) is 0 Å². The zero-order valence-electron chi connectivity index (χ0n) is 15.4. The molecule has 0 unspecified atom stereocenters. The molecule has 2 aromatic carbocycles. The number of benzene rings is 2. The van der Waals surface area contributed by atoms with Crippen LogP contribution in [-0.2, 0) is 4.74 Å². The van der Waals surface area contributed by atoms with Gasteiger partial charge < -0.3 is 4.74 Å². The lowest BCUT2D eigenvalue weighted by Crippen LogP contribution is -2.02. The number of para-hydroxylation sites is 2. The molecule has 0 radical (unpaired) electrons. The van der Waals surface area contributed by atoms with Gasteiger partial charge in [0.15, 0.2) is 0 Å². The van der Waals surface area contributed by atoms with Gasteiger partial charge in [-0.2, -0.15) is 0 Å². The maximum Gasteiger partial charge on any atom is 0.338 e. The fraction of sp³-hybridized carbons (Fsp3) is 0.136. The molecule has 0 aliphatic carbocycles. The van der Waals surface area contributed by atoms with E-state index in [1.807, 2.05) is 43.5 Å². The highest BCUT2D eigenvalue weighted by atomic mass is 79.9. The van der Waals surface area contributed by atoms with Crippen LogP contribution in [0.5, 0.6) is 0 Å². The number of carbonyl (C=O) groups excluding carboxylic acids is 1. The number of esters is 1. The molecule has 0 fully saturated rings. The molecular formula is C22H19BrN2O2. The summed E-state index contributed by atoms with van der Waals surface area (Å²) < 4.78 is 5.83. The molecule has 0 saturated heterocycles. The van der Waals surface area contributed by atoms with Crippen molar-refractivity contribution >= 4 is 43.7 Å². The van der Waals surface area contributed by atoms with E-state index in [-0.39, 0.29) is 5.97 Å². The first-order valence-corrected chi connectivity index (χ1v) is 9.24. The number of aromatic nitrogens is 2. The summed E-state index contributed by atoms with van der Waals surface area (Å²) in [6.07, 6.45) is 3.45. The van der Waals surface area contributed by atoms with Gasteiger partial charge >= 0.3 is 5.97 Å². The van der Waals surface area contributed by atoms with Crippen molar-refractivity contribution in [3.8, 4) is 0 Å². The summed E-state index contributed by atoms with van der Waals surface area (Å²) in [6.45, 7) is 4.04. The van der Waals surface area contributed by atoms with Crippen LogP contribution in [-0.4, -0.2) is 23.0 Å². The number of ether oxygens (including phenoxy) is 1. The number of hydrogen-bond acceptors (Lipinski definition) is 4. The Labute approximate surface area is 166 Å². The maximum atomic E-state index is 11.5. The number of rotatable bonds is 1. The minimum absolute atomic E-state index is 0.326. The Balaban J connectivity index is 0.000000159. The van der Waals surface area contributed by atoms with Crippen molar-refractivity contribution in [3.05, 3.63) is 82.1 Å². The zero-order chi connectivity index (χ0) is 19.4. The van der Waals surface area contributed by atoms with Crippen molar-refractivity contribution in [3.63, 3.8) is 0 Å². The van der Waals surface area contributed by atoms with Gasteiger partial charge in [-0.3, -0.25) is 9.97 Å². The lowest BCUT2D eigenvalue weighted by molar-refractivity contribution is 0.0603. The number of methoxy groups -OCH3 is 1. The Kier molecular flexibility index (Phi) is 5.81. The van der Waals surface area contributed by atoms with E-state index >= 15 is 0 Å². The SMILES string of the molecule is COC(=O)c1ccnc2c(C)cccc12.Cc1cccc2c(Br)ccnc12. The fourth-order valence-electron chi connectivity index (χ4n) is 2.90. The third-order valence-electron chi connectivity index (χ3n) is 4.30. The van der Waals surface area contributed by atoms with E-state index in [2.05, 4.69) is 45.0 Å². The summed E-state index contributed by atoms with van der Waals surface area (Å²) in [6, 6.07) is 15.6. The van der Waals surface area contributed by atoms with Crippen LogP contribution >= 0.6 is 15.9 Å². The van der Waals surface area contributed by atoms with Crippen LogP contribution in [0.25, 0.3) is 21.8 Å². The molecule has 136 valence electrons. The van der Waals surface area contributed by atoms with Crippen LogP contribution in [0.1, 0.15) is 21.5 Å². The van der Waals surface area contributed by atoms with Crippen LogP contribution in [0, 0.1) is 13.8 Å². The summed E-state index contributed by atoms with van der Waals surface area (Å²) in [7, 11) is 1.38. The normalized spacial score (nSPS) is 10.4. The summed E-state index contributed by atoms with van der Waals surface area (Å²) in [5.41, 5.74) is 4.76. The van der Waals surface area contributed by atoms with Crippen molar-refractivity contribution in [2.75, 3.05) is 7.11 Å². The van der Waals surface area contributed by atoms with Crippen LogP contribution in [0.2, 0.25) is 0 Å². The van der Waals surface area contributed by atoms with E-state index in [0.29, 0.717) is 5.56 Å². The molecule has 0 aliphatic heterocycles. The molecule has 0 N–H and O–H groups in total. The van der Waals surface area contributed by atoms with Crippen molar-refractivity contribution < 1.29 is 9.53 Å². The van der Waals surface area contributed by atoms with Crippen molar-refractivity contribution in [2.45, 2.75) is 13.8 Å². The molecule has 5 heteroatoms. The summed E-state index contributed by atoms with van der Waals surface area (Å²) in [5.74, 6) is -0.326. The van der Waals surface area contributed by atoms with Gasteiger partial charge in [-0.05, 0) is 37.1 Å². The third-order valence-corrected chi connectivity index (χ3v) is 4.99. The number of nitrogens with zero attached hydrogens (tertiary/aromatic N) is 2. The molecule has 0 saturated carbocycles. The Morgan fingerprint density at radius 2 is 1.41 bits per heavy atom. The third kappa shape index (κ3) is 3.98. The molecule has 0 spiro atoms. The van der Waals surface area contributed by atoms with E-state index in [1.54, 1.807) is 12.3 Å². The van der Waals surface area contributed by atoms with Gasteiger partial charge in [0.05, 0.1) is 23.7 Å². The molecule has 0 bridgehead atoms. The second-order valence-electron chi connectivity index (χ2n) is 6.09. The Morgan fingerprint density at radius 1 is 0.852 bits per heavy atom. The van der Waals surface area contributed by atoms with Gasteiger partial charge in [-0.25, -0.2) is 4.79 Å². The second kappa shape index (κ2) is 8.27. The zero-order valence-corrected chi connectivity index (χ0v) is 16.9. The molecule has 0 aliphatic rings. The molecule has 0 amide bonds. The molecular weight excluding hydrogens is 404 g/mol. The maximum absolute atomic E-state index is 11.5.